The van der Waals surface area contributed by atoms with Gasteiger partial charge in [0.15, 0.2) is 0 Å². The summed E-state index contributed by atoms with van der Waals surface area (Å²) in [6.07, 6.45) is 2.65. The lowest BCUT2D eigenvalue weighted by Gasteiger charge is -2.23. The number of piperidine rings is 1. The van der Waals surface area contributed by atoms with Gasteiger partial charge in [-0.2, -0.15) is 0 Å². The number of methoxy groups -OCH3 is 1. The normalized spacial score (nSPS) is 21.0. The topological polar surface area (TPSA) is 30.5 Å². The Morgan fingerprint density at radius 1 is 1.20 bits per heavy atom. The molecule has 1 N–H and O–H groups in total. The molecule has 1 atom stereocenters. The summed E-state index contributed by atoms with van der Waals surface area (Å²) in [5.41, 5.74) is 0. The zero-order valence-corrected chi connectivity index (χ0v) is 9.03. The van der Waals surface area contributed by atoms with Crippen LogP contribution in [0, 0.1) is 0 Å². The van der Waals surface area contributed by atoms with E-state index in [0.717, 1.165) is 31.0 Å². The first-order chi connectivity index (χ1) is 7.38. The SMILES string of the molecule is COc1ccc(OC2CCCNC2)cc1. The molecule has 2 rings (SSSR count). The molecule has 1 fully saturated rings. The first kappa shape index (κ1) is 10.3. The van der Waals surface area contributed by atoms with Crippen molar-refractivity contribution in [3.05, 3.63) is 24.3 Å². The van der Waals surface area contributed by atoms with Gasteiger partial charge in [0, 0.05) is 6.54 Å². The Labute approximate surface area is 90.4 Å². The van der Waals surface area contributed by atoms with Gasteiger partial charge < -0.3 is 14.8 Å². The van der Waals surface area contributed by atoms with E-state index in [4.69, 9.17) is 9.47 Å². The van der Waals surface area contributed by atoms with Crippen LogP contribution in [0.4, 0.5) is 0 Å². The van der Waals surface area contributed by atoms with Crippen LogP contribution in [0.5, 0.6) is 11.5 Å². The summed E-state index contributed by atoms with van der Waals surface area (Å²) in [6.45, 7) is 2.06. The van der Waals surface area contributed by atoms with Gasteiger partial charge in [0.2, 0.25) is 0 Å². The van der Waals surface area contributed by atoms with E-state index in [9.17, 15) is 0 Å². The first-order valence-corrected chi connectivity index (χ1v) is 5.40. The smallest absolute Gasteiger partial charge is 0.120 e. The number of rotatable bonds is 3. The molecule has 1 saturated heterocycles. The van der Waals surface area contributed by atoms with Crippen LogP contribution >= 0.6 is 0 Å². The highest BCUT2D eigenvalue weighted by Gasteiger charge is 2.13. The third-order valence-corrected chi connectivity index (χ3v) is 2.61. The van der Waals surface area contributed by atoms with Crippen LogP contribution in [0.25, 0.3) is 0 Å². The van der Waals surface area contributed by atoms with Crippen LogP contribution in [-0.4, -0.2) is 26.3 Å². The number of ether oxygens (including phenoxy) is 2. The van der Waals surface area contributed by atoms with Crippen molar-refractivity contribution in [3.8, 4) is 11.5 Å². The Hall–Kier alpha value is -1.22. The molecule has 3 heteroatoms. The average Bonchev–Trinajstić information content (AvgIpc) is 2.31. The molecule has 1 unspecified atom stereocenters. The molecule has 1 aromatic rings. The maximum absolute atomic E-state index is 5.84. The summed E-state index contributed by atoms with van der Waals surface area (Å²) in [5, 5.41) is 3.33. The van der Waals surface area contributed by atoms with Crippen molar-refractivity contribution in [2.24, 2.45) is 0 Å². The molecule has 0 radical (unpaired) electrons. The molecule has 0 saturated carbocycles. The molecule has 1 aliphatic rings. The second-order valence-electron chi connectivity index (χ2n) is 3.76. The second-order valence-corrected chi connectivity index (χ2v) is 3.76. The molecule has 82 valence electrons. The Balaban J connectivity index is 1.91. The Morgan fingerprint density at radius 3 is 2.53 bits per heavy atom. The summed E-state index contributed by atoms with van der Waals surface area (Å²) in [4.78, 5) is 0. The second kappa shape index (κ2) is 5.03. The minimum atomic E-state index is 0.312. The van der Waals surface area contributed by atoms with Crippen LogP contribution in [-0.2, 0) is 0 Å². The van der Waals surface area contributed by atoms with Crippen molar-refractivity contribution in [1.82, 2.24) is 5.32 Å². The van der Waals surface area contributed by atoms with Crippen molar-refractivity contribution in [1.29, 1.82) is 0 Å². The zero-order chi connectivity index (χ0) is 10.5. The lowest BCUT2D eigenvalue weighted by Crippen LogP contribution is -2.37. The van der Waals surface area contributed by atoms with Crippen molar-refractivity contribution >= 4 is 0 Å². The van der Waals surface area contributed by atoms with Crippen molar-refractivity contribution in [2.75, 3.05) is 20.2 Å². The van der Waals surface area contributed by atoms with Crippen molar-refractivity contribution in [2.45, 2.75) is 18.9 Å². The maximum atomic E-state index is 5.84. The van der Waals surface area contributed by atoms with Gasteiger partial charge in [0.25, 0.3) is 0 Å². The monoisotopic (exact) mass is 207 g/mol. The Morgan fingerprint density at radius 2 is 1.93 bits per heavy atom. The van der Waals surface area contributed by atoms with Gasteiger partial charge in [-0.25, -0.2) is 0 Å². The van der Waals surface area contributed by atoms with E-state index >= 15 is 0 Å². The molecule has 15 heavy (non-hydrogen) atoms. The standard InChI is InChI=1S/C12H17NO2/c1-14-10-4-6-11(7-5-10)15-12-3-2-8-13-9-12/h4-7,12-13H,2-3,8-9H2,1H3. The largest absolute Gasteiger partial charge is 0.497 e. The highest BCUT2D eigenvalue weighted by Crippen LogP contribution is 2.19. The number of hydrogen-bond donors (Lipinski definition) is 1. The van der Waals surface area contributed by atoms with E-state index in [2.05, 4.69) is 5.32 Å². The van der Waals surface area contributed by atoms with Crippen molar-refractivity contribution < 1.29 is 9.47 Å². The van der Waals surface area contributed by atoms with Crippen molar-refractivity contribution in [3.63, 3.8) is 0 Å². The highest BCUT2D eigenvalue weighted by atomic mass is 16.5. The molecule has 0 aliphatic carbocycles. The fourth-order valence-corrected chi connectivity index (χ4v) is 1.77. The van der Waals surface area contributed by atoms with E-state index in [0.29, 0.717) is 6.10 Å². The van der Waals surface area contributed by atoms with Gasteiger partial charge in [-0.15, -0.1) is 0 Å². The zero-order valence-electron chi connectivity index (χ0n) is 9.03. The molecular formula is C12H17NO2. The molecule has 0 spiro atoms. The van der Waals surface area contributed by atoms with E-state index in [1.165, 1.54) is 6.42 Å². The fraction of sp³-hybridized carbons (Fsp3) is 0.500. The van der Waals surface area contributed by atoms with Crippen LogP contribution < -0.4 is 14.8 Å². The molecule has 1 heterocycles. The van der Waals surface area contributed by atoms with Gasteiger partial charge in [-0.05, 0) is 43.7 Å². The summed E-state index contributed by atoms with van der Waals surface area (Å²) in [6, 6.07) is 7.75. The molecule has 0 aromatic heterocycles. The maximum Gasteiger partial charge on any atom is 0.120 e. The van der Waals surface area contributed by atoms with E-state index in [-0.39, 0.29) is 0 Å². The van der Waals surface area contributed by atoms with Gasteiger partial charge in [-0.3, -0.25) is 0 Å². The van der Waals surface area contributed by atoms with Crippen LogP contribution in [0.1, 0.15) is 12.8 Å². The molecular weight excluding hydrogens is 190 g/mol. The van der Waals surface area contributed by atoms with Gasteiger partial charge in [0.1, 0.15) is 17.6 Å². The van der Waals surface area contributed by atoms with Crippen LogP contribution in [0.15, 0.2) is 24.3 Å². The predicted molar refractivity (Wildman–Crippen MR) is 59.5 cm³/mol. The Kier molecular flexibility index (Phi) is 3.45. The highest BCUT2D eigenvalue weighted by molar-refractivity contribution is 5.31. The molecule has 0 amide bonds. The third-order valence-electron chi connectivity index (χ3n) is 2.61. The minimum absolute atomic E-state index is 0.312. The quantitative estimate of drug-likeness (QED) is 0.820. The average molecular weight is 207 g/mol. The summed E-state index contributed by atoms with van der Waals surface area (Å²) in [5.74, 6) is 1.79. The molecule has 1 aromatic carbocycles. The molecule has 1 aliphatic heterocycles. The molecule has 3 nitrogen and oxygen atoms in total. The van der Waals surface area contributed by atoms with Gasteiger partial charge in [0.05, 0.1) is 7.11 Å². The summed E-state index contributed by atoms with van der Waals surface area (Å²) >= 11 is 0. The fourth-order valence-electron chi connectivity index (χ4n) is 1.77. The van der Waals surface area contributed by atoms with Crippen LogP contribution in [0.3, 0.4) is 0 Å². The van der Waals surface area contributed by atoms with Crippen LogP contribution in [0.2, 0.25) is 0 Å². The van der Waals surface area contributed by atoms with Gasteiger partial charge in [-0.1, -0.05) is 0 Å². The van der Waals surface area contributed by atoms with Gasteiger partial charge >= 0.3 is 0 Å². The Bertz CT molecular complexity index is 291. The number of benzene rings is 1. The lowest BCUT2D eigenvalue weighted by atomic mass is 10.1. The molecule has 0 bridgehead atoms. The number of hydrogen-bond acceptors (Lipinski definition) is 3. The number of nitrogens with one attached hydrogen (secondary N) is 1. The third kappa shape index (κ3) is 2.86. The predicted octanol–water partition coefficient (Wildman–Crippen LogP) is 1.83. The van der Waals surface area contributed by atoms with E-state index in [1.54, 1.807) is 7.11 Å². The van der Waals surface area contributed by atoms with E-state index in [1.807, 2.05) is 24.3 Å². The minimum Gasteiger partial charge on any atom is -0.497 e. The summed E-state index contributed by atoms with van der Waals surface area (Å²) < 4.78 is 10.9. The first-order valence-electron chi connectivity index (χ1n) is 5.40. The lowest BCUT2D eigenvalue weighted by molar-refractivity contribution is 0.167. The van der Waals surface area contributed by atoms with E-state index < -0.39 is 0 Å². The summed E-state index contributed by atoms with van der Waals surface area (Å²) in [7, 11) is 1.67.